The Morgan fingerprint density at radius 3 is 2.71 bits per heavy atom. The average Bonchev–Trinajstić information content (AvgIpc) is 2.18. The fourth-order valence-electron chi connectivity index (χ4n) is 1.07. The lowest BCUT2D eigenvalue weighted by molar-refractivity contribution is 0.0860. The van der Waals surface area contributed by atoms with Crippen molar-refractivity contribution in [3.05, 3.63) is 23.5 Å². The average molecular weight is 201 g/mol. The van der Waals surface area contributed by atoms with Crippen LogP contribution in [0.2, 0.25) is 0 Å². The summed E-state index contributed by atoms with van der Waals surface area (Å²) >= 11 is 0. The van der Waals surface area contributed by atoms with Crippen LogP contribution in [0.3, 0.4) is 0 Å². The third-order valence-electron chi connectivity index (χ3n) is 1.75. The SMILES string of the molecule is CONCc1cc(F)cc(OC)c1O. The van der Waals surface area contributed by atoms with E-state index in [2.05, 4.69) is 10.3 Å². The molecule has 2 N–H and O–H groups in total. The highest BCUT2D eigenvalue weighted by Gasteiger charge is 2.09. The van der Waals surface area contributed by atoms with Gasteiger partial charge in [0.25, 0.3) is 0 Å². The van der Waals surface area contributed by atoms with Gasteiger partial charge in [-0.15, -0.1) is 0 Å². The number of methoxy groups -OCH3 is 1. The Balaban J connectivity index is 2.96. The van der Waals surface area contributed by atoms with Gasteiger partial charge in [0.2, 0.25) is 0 Å². The van der Waals surface area contributed by atoms with E-state index in [4.69, 9.17) is 4.74 Å². The summed E-state index contributed by atoms with van der Waals surface area (Å²) in [6.07, 6.45) is 0. The molecule has 1 aromatic carbocycles. The minimum Gasteiger partial charge on any atom is -0.504 e. The highest BCUT2D eigenvalue weighted by molar-refractivity contribution is 5.45. The van der Waals surface area contributed by atoms with Crippen LogP contribution in [-0.4, -0.2) is 19.3 Å². The Morgan fingerprint density at radius 2 is 2.14 bits per heavy atom. The minimum absolute atomic E-state index is 0.0848. The van der Waals surface area contributed by atoms with Gasteiger partial charge in [0.05, 0.1) is 14.2 Å². The predicted octanol–water partition coefficient (Wildman–Crippen LogP) is 1.19. The number of halogens is 1. The van der Waals surface area contributed by atoms with Crippen molar-refractivity contribution in [2.24, 2.45) is 0 Å². The number of hydrogen-bond donors (Lipinski definition) is 2. The first-order valence-corrected chi connectivity index (χ1v) is 4.00. The zero-order chi connectivity index (χ0) is 10.6. The molecule has 0 atom stereocenters. The van der Waals surface area contributed by atoms with Crippen molar-refractivity contribution in [2.45, 2.75) is 6.54 Å². The van der Waals surface area contributed by atoms with Gasteiger partial charge in [0.15, 0.2) is 11.5 Å². The minimum atomic E-state index is -0.465. The molecule has 0 saturated carbocycles. The van der Waals surface area contributed by atoms with E-state index in [1.165, 1.54) is 20.3 Å². The summed E-state index contributed by atoms with van der Waals surface area (Å²) < 4.78 is 17.8. The van der Waals surface area contributed by atoms with Gasteiger partial charge < -0.3 is 14.7 Å². The zero-order valence-electron chi connectivity index (χ0n) is 8.00. The van der Waals surface area contributed by atoms with Gasteiger partial charge in [-0.05, 0) is 6.07 Å². The number of ether oxygens (including phenoxy) is 1. The second-order valence-corrected chi connectivity index (χ2v) is 2.64. The van der Waals surface area contributed by atoms with E-state index in [9.17, 15) is 9.50 Å². The van der Waals surface area contributed by atoms with Crippen molar-refractivity contribution in [2.75, 3.05) is 14.2 Å². The van der Waals surface area contributed by atoms with Crippen LogP contribution in [0.25, 0.3) is 0 Å². The predicted molar refractivity (Wildman–Crippen MR) is 48.5 cm³/mol. The lowest BCUT2D eigenvalue weighted by Crippen LogP contribution is -2.11. The first kappa shape index (κ1) is 10.7. The Labute approximate surface area is 81.2 Å². The Bertz CT molecular complexity index is 317. The molecule has 5 heteroatoms. The van der Waals surface area contributed by atoms with Crippen LogP contribution >= 0.6 is 0 Å². The van der Waals surface area contributed by atoms with E-state index in [0.717, 1.165) is 6.07 Å². The van der Waals surface area contributed by atoms with Crippen LogP contribution in [0.15, 0.2) is 12.1 Å². The Kier molecular flexibility index (Phi) is 3.67. The van der Waals surface area contributed by atoms with Crippen LogP contribution in [0.4, 0.5) is 4.39 Å². The maximum Gasteiger partial charge on any atom is 0.163 e. The molecule has 0 aliphatic rings. The molecule has 0 aliphatic carbocycles. The molecule has 0 aromatic heterocycles. The van der Waals surface area contributed by atoms with E-state index in [-0.39, 0.29) is 18.0 Å². The number of phenols is 1. The summed E-state index contributed by atoms with van der Waals surface area (Å²) in [7, 11) is 2.80. The Morgan fingerprint density at radius 1 is 1.43 bits per heavy atom. The monoisotopic (exact) mass is 201 g/mol. The molecular formula is C9H12FNO3. The molecule has 0 spiro atoms. The number of aromatic hydroxyl groups is 1. The lowest BCUT2D eigenvalue weighted by Gasteiger charge is -2.09. The second kappa shape index (κ2) is 4.78. The molecule has 14 heavy (non-hydrogen) atoms. The maximum atomic E-state index is 13.0. The summed E-state index contributed by atoms with van der Waals surface area (Å²) in [5.74, 6) is -0.441. The van der Waals surface area contributed by atoms with Gasteiger partial charge in [-0.3, -0.25) is 0 Å². The molecule has 0 unspecified atom stereocenters. The molecule has 1 aromatic rings. The first-order valence-electron chi connectivity index (χ1n) is 4.00. The van der Waals surface area contributed by atoms with Crippen molar-refractivity contribution in [1.29, 1.82) is 0 Å². The fraction of sp³-hybridized carbons (Fsp3) is 0.333. The van der Waals surface area contributed by atoms with Gasteiger partial charge in [-0.25, -0.2) is 4.39 Å². The van der Waals surface area contributed by atoms with Crippen molar-refractivity contribution in [3.63, 3.8) is 0 Å². The summed E-state index contributed by atoms with van der Waals surface area (Å²) in [6, 6.07) is 2.33. The van der Waals surface area contributed by atoms with Crippen molar-refractivity contribution >= 4 is 0 Å². The molecule has 0 saturated heterocycles. The highest BCUT2D eigenvalue weighted by atomic mass is 19.1. The van der Waals surface area contributed by atoms with E-state index in [1.807, 2.05) is 0 Å². The van der Waals surface area contributed by atoms with Gasteiger partial charge in [0, 0.05) is 18.2 Å². The summed E-state index contributed by atoms with van der Waals surface area (Å²) in [4.78, 5) is 4.59. The van der Waals surface area contributed by atoms with Gasteiger partial charge >= 0.3 is 0 Å². The molecule has 1 rings (SSSR count). The summed E-state index contributed by atoms with van der Waals surface area (Å²) in [5.41, 5.74) is 2.88. The molecule has 0 fully saturated rings. The van der Waals surface area contributed by atoms with E-state index >= 15 is 0 Å². The number of hydrogen-bond acceptors (Lipinski definition) is 4. The van der Waals surface area contributed by atoms with Crippen molar-refractivity contribution < 1.29 is 19.1 Å². The van der Waals surface area contributed by atoms with Crippen LogP contribution in [-0.2, 0) is 11.4 Å². The first-order chi connectivity index (χ1) is 6.69. The largest absolute Gasteiger partial charge is 0.504 e. The third kappa shape index (κ3) is 2.34. The molecule has 0 heterocycles. The normalized spacial score (nSPS) is 10.2. The quantitative estimate of drug-likeness (QED) is 0.718. The summed E-state index contributed by atoms with van der Waals surface area (Å²) in [6.45, 7) is 0.205. The number of benzene rings is 1. The number of phenolic OH excluding ortho intramolecular Hbond substituents is 1. The smallest absolute Gasteiger partial charge is 0.163 e. The number of rotatable bonds is 4. The number of hydroxylamine groups is 1. The number of nitrogens with one attached hydrogen (secondary N) is 1. The van der Waals surface area contributed by atoms with Crippen LogP contribution in [0.1, 0.15) is 5.56 Å². The van der Waals surface area contributed by atoms with Crippen molar-refractivity contribution in [1.82, 2.24) is 5.48 Å². The highest BCUT2D eigenvalue weighted by Crippen LogP contribution is 2.30. The molecule has 0 aliphatic heterocycles. The molecule has 4 nitrogen and oxygen atoms in total. The zero-order valence-corrected chi connectivity index (χ0v) is 8.00. The third-order valence-corrected chi connectivity index (χ3v) is 1.75. The van der Waals surface area contributed by atoms with Gasteiger partial charge in [-0.2, -0.15) is 5.48 Å². The molecule has 0 bridgehead atoms. The van der Waals surface area contributed by atoms with Crippen molar-refractivity contribution in [3.8, 4) is 11.5 Å². The van der Waals surface area contributed by atoms with Crippen LogP contribution < -0.4 is 10.2 Å². The fourth-order valence-corrected chi connectivity index (χ4v) is 1.07. The second-order valence-electron chi connectivity index (χ2n) is 2.64. The van der Waals surface area contributed by atoms with Crippen LogP contribution in [0, 0.1) is 5.82 Å². The molecule has 0 amide bonds. The standard InChI is InChI=1S/C9H12FNO3/c1-13-8-4-7(10)3-6(9(8)12)5-11-14-2/h3-4,11-12H,5H2,1-2H3. The van der Waals surface area contributed by atoms with E-state index in [1.54, 1.807) is 0 Å². The van der Waals surface area contributed by atoms with Gasteiger partial charge in [-0.1, -0.05) is 0 Å². The van der Waals surface area contributed by atoms with Crippen LogP contribution in [0.5, 0.6) is 11.5 Å². The molecular weight excluding hydrogens is 189 g/mol. The molecule has 78 valence electrons. The van der Waals surface area contributed by atoms with Gasteiger partial charge in [0.1, 0.15) is 5.82 Å². The maximum absolute atomic E-state index is 13.0. The summed E-state index contributed by atoms with van der Waals surface area (Å²) in [5, 5.41) is 9.55. The van der Waals surface area contributed by atoms with E-state index in [0.29, 0.717) is 5.56 Å². The van der Waals surface area contributed by atoms with E-state index < -0.39 is 5.82 Å². The lowest BCUT2D eigenvalue weighted by atomic mass is 10.2. The molecule has 0 radical (unpaired) electrons. The topological polar surface area (TPSA) is 50.7 Å². The Hall–Kier alpha value is -1.33.